The van der Waals surface area contributed by atoms with E-state index >= 15 is 0 Å². The molecule has 0 aliphatic rings. The molecule has 1 N–H and O–H groups in total. The van der Waals surface area contributed by atoms with Crippen LogP contribution in [0.15, 0.2) is 36.4 Å². The summed E-state index contributed by atoms with van der Waals surface area (Å²) in [5.41, 5.74) is 0.473. The minimum atomic E-state index is -0.580. The first-order valence-corrected chi connectivity index (χ1v) is 6.98. The van der Waals surface area contributed by atoms with Crippen molar-refractivity contribution in [3.8, 4) is 5.75 Å². The average molecular weight is 302 g/mol. The van der Waals surface area contributed by atoms with Crippen LogP contribution in [-0.2, 0) is 9.53 Å². The van der Waals surface area contributed by atoms with E-state index in [0.717, 1.165) is 10.8 Å². The van der Waals surface area contributed by atoms with Crippen molar-refractivity contribution in [2.45, 2.75) is 20.0 Å². The standard InChI is InChI=1S/C17H18O5/c1-11(18)9-22-17-8-7-14(16(20)10-21-12(2)19)13-5-3-4-6-15(13)17/h3-8,11,18H,9-10H2,1-2H3/t11-/m0/s1. The summed E-state index contributed by atoms with van der Waals surface area (Å²) in [7, 11) is 0. The predicted octanol–water partition coefficient (Wildman–Crippen LogP) is 2.35. The topological polar surface area (TPSA) is 72.8 Å². The summed E-state index contributed by atoms with van der Waals surface area (Å²) in [6.07, 6.45) is -0.580. The molecule has 0 spiro atoms. The van der Waals surface area contributed by atoms with Gasteiger partial charge in [0.1, 0.15) is 12.4 Å². The van der Waals surface area contributed by atoms with E-state index < -0.39 is 12.1 Å². The first-order chi connectivity index (χ1) is 10.5. The highest BCUT2D eigenvalue weighted by atomic mass is 16.5. The van der Waals surface area contributed by atoms with Crippen LogP contribution in [0.5, 0.6) is 5.75 Å². The van der Waals surface area contributed by atoms with Crippen LogP contribution < -0.4 is 4.74 Å². The summed E-state index contributed by atoms with van der Waals surface area (Å²) in [4.78, 5) is 23.0. The van der Waals surface area contributed by atoms with Crippen molar-refractivity contribution in [1.82, 2.24) is 0 Å². The molecule has 22 heavy (non-hydrogen) atoms. The van der Waals surface area contributed by atoms with Crippen LogP contribution in [0.1, 0.15) is 24.2 Å². The largest absolute Gasteiger partial charge is 0.490 e. The van der Waals surface area contributed by atoms with Gasteiger partial charge in [0.05, 0.1) is 6.10 Å². The minimum Gasteiger partial charge on any atom is -0.490 e. The smallest absolute Gasteiger partial charge is 0.303 e. The van der Waals surface area contributed by atoms with Crippen molar-refractivity contribution in [2.75, 3.05) is 13.2 Å². The molecular formula is C17H18O5. The Kier molecular flexibility index (Phi) is 5.12. The normalized spacial score (nSPS) is 12.0. The second-order valence-corrected chi connectivity index (χ2v) is 5.02. The van der Waals surface area contributed by atoms with Crippen LogP contribution in [0, 0.1) is 0 Å². The van der Waals surface area contributed by atoms with E-state index in [1.165, 1.54) is 6.92 Å². The molecular weight excluding hydrogens is 284 g/mol. The molecule has 0 saturated heterocycles. The molecule has 2 rings (SSSR count). The number of carbonyl (C=O) groups is 2. The lowest BCUT2D eigenvalue weighted by molar-refractivity contribution is -0.139. The Morgan fingerprint density at radius 2 is 1.82 bits per heavy atom. The number of hydrogen-bond acceptors (Lipinski definition) is 5. The van der Waals surface area contributed by atoms with Gasteiger partial charge in [-0.2, -0.15) is 0 Å². The highest BCUT2D eigenvalue weighted by molar-refractivity contribution is 6.10. The molecule has 0 radical (unpaired) electrons. The third-order valence-corrected chi connectivity index (χ3v) is 3.07. The van der Waals surface area contributed by atoms with Gasteiger partial charge >= 0.3 is 5.97 Å². The molecule has 1 atom stereocenters. The maximum atomic E-state index is 12.2. The lowest BCUT2D eigenvalue weighted by Crippen LogP contribution is -2.14. The number of ether oxygens (including phenoxy) is 2. The van der Waals surface area contributed by atoms with Crippen molar-refractivity contribution >= 4 is 22.5 Å². The molecule has 5 heteroatoms. The zero-order valence-electron chi connectivity index (χ0n) is 12.5. The Morgan fingerprint density at radius 3 is 2.45 bits per heavy atom. The Bertz CT molecular complexity index is 691. The van der Waals surface area contributed by atoms with Gasteiger partial charge in [0.15, 0.2) is 6.61 Å². The van der Waals surface area contributed by atoms with E-state index in [1.54, 1.807) is 19.1 Å². The predicted molar refractivity (Wildman–Crippen MR) is 82.1 cm³/mol. The van der Waals surface area contributed by atoms with Gasteiger partial charge in [-0.1, -0.05) is 24.3 Å². The third-order valence-electron chi connectivity index (χ3n) is 3.07. The molecule has 0 aliphatic heterocycles. The fourth-order valence-electron chi connectivity index (χ4n) is 2.10. The van der Waals surface area contributed by atoms with Gasteiger partial charge in [0, 0.05) is 17.9 Å². The second kappa shape index (κ2) is 7.04. The quantitative estimate of drug-likeness (QED) is 0.655. The van der Waals surface area contributed by atoms with E-state index in [4.69, 9.17) is 9.47 Å². The highest BCUT2D eigenvalue weighted by Gasteiger charge is 2.14. The van der Waals surface area contributed by atoms with Gasteiger partial charge < -0.3 is 14.6 Å². The van der Waals surface area contributed by atoms with Crippen molar-refractivity contribution in [3.05, 3.63) is 42.0 Å². The molecule has 0 amide bonds. The van der Waals surface area contributed by atoms with Crippen molar-refractivity contribution < 1.29 is 24.2 Å². The molecule has 0 saturated carbocycles. The first-order valence-electron chi connectivity index (χ1n) is 6.98. The number of carbonyl (C=O) groups excluding carboxylic acids is 2. The highest BCUT2D eigenvalue weighted by Crippen LogP contribution is 2.29. The zero-order valence-corrected chi connectivity index (χ0v) is 12.5. The number of rotatable bonds is 6. The lowest BCUT2D eigenvalue weighted by atomic mass is 10.0. The van der Waals surface area contributed by atoms with E-state index in [0.29, 0.717) is 11.3 Å². The number of hydrogen-bond donors (Lipinski definition) is 1. The summed E-state index contributed by atoms with van der Waals surface area (Å²) in [6.45, 7) is 2.79. The molecule has 0 heterocycles. The summed E-state index contributed by atoms with van der Waals surface area (Å²) in [5, 5.41) is 10.8. The van der Waals surface area contributed by atoms with Crippen LogP contribution in [0.25, 0.3) is 10.8 Å². The molecule has 5 nitrogen and oxygen atoms in total. The Hall–Kier alpha value is -2.40. The molecule has 0 aromatic heterocycles. The van der Waals surface area contributed by atoms with Gasteiger partial charge in [0.2, 0.25) is 5.78 Å². The molecule has 0 unspecified atom stereocenters. The van der Waals surface area contributed by atoms with E-state index in [2.05, 4.69) is 0 Å². The van der Waals surface area contributed by atoms with Crippen LogP contribution in [0.3, 0.4) is 0 Å². The maximum Gasteiger partial charge on any atom is 0.303 e. The molecule has 0 aliphatic carbocycles. The maximum absolute atomic E-state index is 12.2. The number of aliphatic hydroxyl groups is 1. The van der Waals surface area contributed by atoms with Crippen molar-refractivity contribution in [2.24, 2.45) is 0 Å². The van der Waals surface area contributed by atoms with Gasteiger partial charge in [-0.05, 0) is 24.4 Å². The minimum absolute atomic E-state index is 0.171. The summed E-state index contributed by atoms with van der Waals surface area (Å²) in [6, 6.07) is 10.7. The zero-order chi connectivity index (χ0) is 16.1. The van der Waals surface area contributed by atoms with E-state index in [-0.39, 0.29) is 19.0 Å². The van der Waals surface area contributed by atoms with Crippen LogP contribution >= 0.6 is 0 Å². The molecule has 0 fully saturated rings. The number of ketones is 1. The summed E-state index contributed by atoms with van der Waals surface area (Å²) >= 11 is 0. The molecule has 0 bridgehead atoms. The number of Topliss-reactive ketones (excluding diaryl/α,β-unsaturated/α-hetero) is 1. The fourth-order valence-corrected chi connectivity index (χ4v) is 2.10. The van der Waals surface area contributed by atoms with Crippen LogP contribution in [0.2, 0.25) is 0 Å². The van der Waals surface area contributed by atoms with E-state index in [9.17, 15) is 14.7 Å². The third kappa shape index (κ3) is 3.83. The first kappa shape index (κ1) is 16.0. The van der Waals surface area contributed by atoms with E-state index in [1.807, 2.05) is 24.3 Å². The molecule has 2 aromatic rings. The average Bonchev–Trinajstić information content (AvgIpc) is 2.50. The number of fused-ring (bicyclic) bond motifs is 1. The van der Waals surface area contributed by atoms with Gasteiger partial charge in [-0.15, -0.1) is 0 Å². The van der Waals surface area contributed by atoms with Gasteiger partial charge in [-0.3, -0.25) is 9.59 Å². The fraction of sp³-hybridized carbons (Fsp3) is 0.294. The Morgan fingerprint density at radius 1 is 1.14 bits per heavy atom. The monoisotopic (exact) mass is 302 g/mol. The van der Waals surface area contributed by atoms with Crippen LogP contribution in [0.4, 0.5) is 0 Å². The molecule has 116 valence electrons. The lowest BCUT2D eigenvalue weighted by Gasteiger charge is -2.13. The van der Waals surface area contributed by atoms with Gasteiger partial charge in [0.25, 0.3) is 0 Å². The second-order valence-electron chi connectivity index (χ2n) is 5.02. The number of aliphatic hydroxyl groups excluding tert-OH is 1. The SMILES string of the molecule is CC(=O)OCC(=O)c1ccc(OC[C@H](C)O)c2ccccc12. The van der Waals surface area contributed by atoms with Crippen molar-refractivity contribution in [3.63, 3.8) is 0 Å². The summed E-state index contributed by atoms with van der Waals surface area (Å²) < 4.78 is 10.3. The Labute approximate surface area is 128 Å². The van der Waals surface area contributed by atoms with Crippen molar-refractivity contribution in [1.29, 1.82) is 0 Å². The van der Waals surface area contributed by atoms with Gasteiger partial charge in [-0.25, -0.2) is 0 Å². The number of esters is 1. The van der Waals surface area contributed by atoms with Crippen LogP contribution in [-0.4, -0.2) is 36.2 Å². The summed E-state index contributed by atoms with van der Waals surface area (Å²) in [5.74, 6) is -0.163. The Balaban J connectivity index is 2.35. The molecule has 2 aromatic carbocycles. The number of benzene rings is 2.